The van der Waals surface area contributed by atoms with Crippen molar-refractivity contribution in [2.75, 3.05) is 19.6 Å². The third kappa shape index (κ3) is 5.35. The van der Waals surface area contributed by atoms with Crippen LogP contribution in [0.1, 0.15) is 40.2 Å². The Morgan fingerprint density at radius 1 is 1.11 bits per heavy atom. The molecule has 2 atom stereocenters. The van der Waals surface area contributed by atoms with Crippen LogP contribution in [-0.4, -0.2) is 42.7 Å². The molecule has 0 radical (unpaired) electrons. The molecule has 1 aliphatic heterocycles. The van der Waals surface area contributed by atoms with Crippen LogP contribution in [0.5, 0.6) is 0 Å². The minimum atomic E-state index is -4.38. The fraction of sp³-hybridized carbons (Fsp3) is 0.423. The van der Waals surface area contributed by atoms with E-state index in [2.05, 4.69) is 14.7 Å². The number of nitrogens with zero attached hydrogens (tertiary/aromatic N) is 3. The molecule has 10 heteroatoms. The van der Waals surface area contributed by atoms with Gasteiger partial charge in [-0.1, -0.05) is 36.4 Å². The number of likely N-dealkylation sites (tertiary alicyclic amines) is 1. The van der Waals surface area contributed by atoms with Gasteiger partial charge in [0.2, 0.25) is 10.0 Å². The van der Waals surface area contributed by atoms with Crippen LogP contribution < -0.4 is 4.72 Å². The molecule has 2 aromatic carbocycles. The zero-order chi connectivity index (χ0) is 25.5. The number of benzene rings is 2. The van der Waals surface area contributed by atoms with Crippen LogP contribution in [0.15, 0.2) is 59.8 Å². The van der Waals surface area contributed by atoms with Gasteiger partial charge in [0.05, 0.1) is 11.8 Å². The fourth-order valence-electron chi connectivity index (χ4n) is 5.26. The van der Waals surface area contributed by atoms with E-state index in [1.54, 1.807) is 13.1 Å². The molecular weight excluding hydrogens is 489 g/mol. The smallest absolute Gasteiger partial charge is 0.303 e. The summed E-state index contributed by atoms with van der Waals surface area (Å²) in [4.78, 5) is 2.50. The summed E-state index contributed by atoms with van der Waals surface area (Å²) < 4.78 is 69.2. The molecule has 36 heavy (non-hydrogen) atoms. The Morgan fingerprint density at radius 3 is 2.58 bits per heavy atom. The van der Waals surface area contributed by atoms with Gasteiger partial charge in [0.25, 0.3) is 0 Å². The van der Waals surface area contributed by atoms with Crippen molar-refractivity contribution in [3.05, 3.63) is 82.7 Å². The molecule has 0 spiro atoms. The Morgan fingerprint density at radius 2 is 1.92 bits per heavy atom. The van der Waals surface area contributed by atoms with E-state index in [4.69, 9.17) is 0 Å². The first-order valence-corrected chi connectivity index (χ1v) is 13.6. The highest BCUT2D eigenvalue weighted by Gasteiger charge is 2.36. The van der Waals surface area contributed by atoms with Crippen molar-refractivity contribution < 1.29 is 21.6 Å². The number of alkyl halides is 3. The standard InChI is InChI=1S/C26H29F3N4O2S/c1-32-17-23(15-30-32)36(34,35)31-14-19-6-7-20-13-21(16-33-8-3-9-33)25(24(20)12-19)11-18-4-2-5-22(10-18)26(27,28)29/h2,4-7,10,12,15,17,21,25,31H,3,8-9,11,13-14,16H2,1H3. The van der Waals surface area contributed by atoms with Crippen molar-refractivity contribution >= 4 is 10.0 Å². The number of rotatable bonds is 8. The molecule has 2 unspecified atom stereocenters. The predicted octanol–water partition coefficient (Wildman–Crippen LogP) is 4.12. The lowest BCUT2D eigenvalue weighted by Gasteiger charge is -2.35. The van der Waals surface area contributed by atoms with Crippen LogP contribution in [0.25, 0.3) is 0 Å². The summed E-state index contributed by atoms with van der Waals surface area (Å²) in [7, 11) is -2.05. The molecular formula is C26H29F3N4O2S. The molecule has 1 fully saturated rings. The molecule has 1 N–H and O–H groups in total. The van der Waals surface area contributed by atoms with E-state index in [-0.39, 0.29) is 17.4 Å². The molecule has 1 aliphatic carbocycles. The maximum absolute atomic E-state index is 13.3. The van der Waals surface area contributed by atoms with Crippen LogP contribution in [0.2, 0.25) is 0 Å². The lowest BCUT2D eigenvalue weighted by Crippen LogP contribution is -2.41. The third-order valence-electron chi connectivity index (χ3n) is 7.27. The van der Waals surface area contributed by atoms with Gasteiger partial charge < -0.3 is 4.90 Å². The summed E-state index contributed by atoms with van der Waals surface area (Å²) in [5, 5.41) is 3.92. The van der Waals surface area contributed by atoms with E-state index in [1.807, 2.05) is 18.2 Å². The van der Waals surface area contributed by atoms with Gasteiger partial charge in [-0.05, 0) is 72.5 Å². The Labute approximate surface area is 209 Å². The van der Waals surface area contributed by atoms with E-state index in [0.29, 0.717) is 17.9 Å². The minimum Gasteiger partial charge on any atom is -0.303 e. The van der Waals surface area contributed by atoms with E-state index in [9.17, 15) is 21.6 Å². The molecule has 0 bridgehead atoms. The monoisotopic (exact) mass is 518 g/mol. The fourth-order valence-corrected chi connectivity index (χ4v) is 6.26. The van der Waals surface area contributed by atoms with Crippen LogP contribution in [0.3, 0.4) is 0 Å². The van der Waals surface area contributed by atoms with Gasteiger partial charge in [-0.25, -0.2) is 13.1 Å². The second kappa shape index (κ2) is 9.64. The van der Waals surface area contributed by atoms with Gasteiger partial charge in [-0.3, -0.25) is 4.68 Å². The lowest BCUT2D eigenvalue weighted by atomic mass is 9.85. The number of hydrogen-bond acceptors (Lipinski definition) is 4. The molecule has 2 aliphatic rings. The van der Waals surface area contributed by atoms with E-state index >= 15 is 0 Å². The summed E-state index contributed by atoms with van der Waals surface area (Å²) in [5.41, 5.74) is 3.15. The van der Waals surface area contributed by atoms with E-state index < -0.39 is 21.8 Å². The topological polar surface area (TPSA) is 67.2 Å². The van der Waals surface area contributed by atoms with E-state index in [1.165, 1.54) is 41.2 Å². The van der Waals surface area contributed by atoms with Gasteiger partial charge in [0.1, 0.15) is 4.90 Å². The van der Waals surface area contributed by atoms with E-state index in [0.717, 1.165) is 43.2 Å². The third-order valence-corrected chi connectivity index (χ3v) is 8.63. The Balaban J connectivity index is 1.38. The number of aromatic nitrogens is 2. The highest BCUT2D eigenvalue weighted by molar-refractivity contribution is 7.89. The summed E-state index contributed by atoms with van der Waals surface area (Å²) >= 11 is 0. The van der Waals surface area contributed by atoms with Gasteiger partial charge in [0, 0.05) is 26.3 Å². The minimum absolute atomic E-state index is 0.0685. The quantitative estimate of drug-likeness (QED) is 0.487. The molecule has 192 valence electrons. The van der Waals surface area contributed by atoms with Gasteiger partial charge >= 0.3 is 6.18 Å². The molecule has 5 rings (SSSR count). The maximum Gasteiger partial charge on any atom is 0.416 e. The molecule has 0 amide bonds. The molecule has 6 nitrogen and oxygen atoms in total. The zero-order valence-electron chi connectivity index (χ0n) is 20.0. The second-order valence-electron chi connectivity index (χ2n) is 9.83. The Kier molecular flexibility index (Phi) is 6.69. The number of halogens is 3. The summed E-state index contributed by atoms with van der Waals surface area (Å²) in [6.45, 7) is 3.16. The first-order valence-electron chi connectivity index (χ1n) is 12.1. The SMILES string of the molecule is Cn1cc(S(=O)(=O)NCc2ccc3c(c2)C(Cc2cccc(C(F)(F)F)c2)C(CN2CCC2)C3)cn1. The Hall–Kier alpha value is -2.69. The number of fused-ring (bicyclic) bond motifs is 1. The van der Waals surface area contributed by atoms with Crippen molar-refractivity contribution in [2.45, 2.75) is 42.8 Å². The normalized spacial score (nSPS) is 20.3. The van der Waals surface area contributed by atoms with Crippen molar-refractivity contribution in [3.8, 4) is 0 Å². The van der Waals surface area contributed by atoms with Crippen molar-refractivity contribution in [1.82, 2.24) is 19.4 Å². The second-order valence-corrected chi connectivity index (χ2v) is 11.6. The first kappa shape index (κ1) is 25.0. The average molecular weight is 519 g/mol. The van der Waals surface area contributed by atoms with Gasteiger partial charge in [-0.2, -0.15) is 18.3 Å². The average Bonchev–Trinajstić information content (AvgIpc) is 3.39. The van der Waals surface area contributed by atoms with Crippen molar-refractivity contribution in [1.29, 1.82) is 0 Å². The zero-order valence-corrected chi connectivity index (χ0v) is 20.8. The summed E-state index contributed by atoms with van der Waals surface area (Å²) in [6, 6.07) is 11.6. The predicted molar refractivity (Wildman–Crippen MR) is 130 cm³/mol. The Bertz CT molecular complexity index is 1350. The largest absolute Gasteiger partial charge is 0.416 e. The maximum atomic E-state index is 13.3. The summed E-state index contributed by atoms with van der Waals surface area (Å²) in [6.07, 6.45) is 0.933. The highest BCUT2D eigenvalue weighted by atomic mass is 32.2. The summed E-state index contributed by atoms with van der Waals surface area (Å²) in [5.74, 6) is 0.371. The van der Waals surface area contributed by atoms with Crippen LogP contribution in [-0.2, 0) is 42.6 Å². The molecule has 0 saturated carbocycles. The number of aryl methyl sites for hydroxylation is 1. The van der Waals surface area contributed by atoms with Crippen LogP contribution in [0, 0.1) is 5.92 Å². The molecule has 2 heterocycles. The van der Waals surface area contributed by atoms with Crippen molar-refractivity contribution in [3.63, 3.8) is 0 Å². The van der Waals surface area contributed by atoms with Crippen LogP contribution in [0.4, 0.5) is 13.2 Å². The molecule has 1 saturated heterocycles. The lowest BCUT2D eigenvalue weighted by molar-refractivity contribution is -0.137. The number of sulfonamides is 1. The van der Waals surface area contributed by atoms with Crippen LogP contribution >= 0.6 is 0 Å². The first-order chi connectivity index (χ1) is 17.1. The highest BCUT2D eigenvalue weighted by Crippen LogP contribution is 2.42. The number of hydrogen-bond donors (Lipinski definition) is 1. The molecule has 1 aromatic heterocycles. The molecule has 3 aromatic rings. The van der Waals surface area contributed by atoms with Crippen molar-refractivity contribution in [2.24, 2.45) is 13.0 Å². The number of nitrogens with one attached hydrogen (secondary N) is 1. The van der Waals surface area contributed by atoms with Gasteiger partial charge in [0.15, 0.2) is 0 Å². The van der Waals surface area contributed by atoms with Gasteiger partial charge in [-0.15, -0.1) is 0 Å².